The molecule has 2 aromatic carbocycles. The molecule has 120 valence electrons. The lowest BCUT2D eigenvalue weighted by molar-refractivity contribution is -0.115. The van der Waals surface area contributed by atoms with Gasteiger partial charge < -0.3 is 10.6 Å². The fourth-order valence-electron chi connectivity index (χ4n) is 2.44. The van der Waals surface area contributed by atoms with Crippen LogP contribution in [0.1, 0.15) is 34.8 Å². The molecule has 0 aliphatic heterocycles. The summed E-state index contributed by atoms with van der Waals surface area (Å²) < 4.78 is 0. The summed E-state index contributed by atoms with van der Waals surface area (Å²) in [7, 11) is 0. The SMILES string of the molecule is CC(=O)c1cccc(NCCC(=O)Nc2cc(C)cc(C)c2)c1. The third-order valence-corrected chi connectivity index (χ3v) is 3.46. The molecule has 0 atom stereocenters. The average Bonchev–Trinajstić information content (AvgIpc) is 2.46. The van der Waals surface area contributed by atoms with Crippen LogP contribution in [0.25, 0.3) is 0 Å². The summed E-state index contributed by atoms with van der Waals surface area (Å²) in [6.07, 6.45) is 0.358. The van der Waals surface area contributed by atoms with Crippen LogP contribution in [-0.4, -0.2) is 18.2 Å². The fourth-order valence-corrected chi connectivity index (χ4v) is 2.44. The third-order valence-electron chi connectivity index (χ3n) is 3.46. The van der Waals surface area contributed by atoms with Gasteiger partial charge in [0.1, 0.15) is 0 Å². The van der Waals surface area contributed by atoms with Gasteiger partial charge in [-0.1, -0.05) is 18.2 Å². The molecule has 1 amide bonds. The van der Waals surface area contributed by atoms with Gasteiger partial charge in [-0.2, -0.15) is 0 Å². The fraction of sp³-hybridized carbons (Fsp3) is 0.263. The summed E-state index contributed by atoms with van der Waals surface area (Å²) in [6.45, 7) is 6.06. The van der Waals surface area contributed by atoms with Crippen molar-refractivity contribution < 1.29 is 9.59 Å². The van der Waals surface area contributed by atoms with E-state index in [0.29, 0.717) is 18.5 Å². The van der Waals surface area contributed by atoms with E-state index in [0.717, 1.165) is 22.5 Å². The van der Waals surface area contributed by atoms with Crippen LogP contribution in [0, 0.1) is 13.8 Å². The second-order valence-electron chi connectivity index (χ2n) is 5.74. The van der Waals surface area contributed by atoms with E-state index in [4.69, 9.17) is 0 Å². The van der Waals surface area contributed by atoms with Crippen molar-refractivity contribution in [3.05, 3.63) is 59.2 Å². The van der Waals surface area contributed by atoms with E-state index in [2.05, 4.69) is 16.7 Å². The smallest absolute Gasteiger partial charge is 0.226 e. The predicted molar refractivity (Wildman–Crippen MR) is 94.1 cm³/mol. The number of hydrogen-bond donors (Lipinski definition) is 2. The van der Waals surface area contributed by atoms with Gasteiger partial charge in [-0.3, -0.25) is 9.59 Å². The minimum atomic E-state index is -0.0368. The molecule has 2 rings (SSSR count). The number of ketones is 1. The molecule has 0 fully saturated rings. The Morgan fingerprint density at radius 2 is 1.65 bits per heavy atom. The number of rotatable bonds is 6. The first kappa shape index (κ1) is 16.7. The Kier molecular flexibility index (Phi) is 5.52. The largest absolute Gasteiger partial charge is 0.385 e. The molecule has 23 heavy (non-hydrogen) atoms. The summed E-state index contributed by atoms with van der Waals surface area (Å²) in [5.41, 5.74) is 4.58. The molecule has 0 spiro atoms. The Balaban J connectivity index is 1.85. The Morgan fingerprint density at radius 1 is 0.957 bits per heavy atom. The molecule has 0 heterocycles. The maximum Gasteiger partial charge on any atom is 0.226 e. The number of hydrogen-bond acceptors (Lipinski definition) is 3. The lowest BCUT2D eigenvalue weighted by Crippen LogP contribution is -2.16. The van der Waals surface area contributed by atoms with Gasteiger partial charge in [-0.15, -0.1) is 0 Å². The van der Waals surface area contributed by atoms with Gasteiger partial charge in [-0.25, -0.2) is 0 Å². The molecule has 4 nitrogen and oxygen atoms in total. The number of carbonyl (C=O) groups excluding carboxylic acids is 2. The van der Waals surface area contributed by atoms with Gasteiger partial charge >= 0.3 is 0 Å². The van der Waals surface area contributed by atoms with Crippen LogP contribution in [0.3, 0.4) is 0 Å². The zero-order valence-corrected chi connectivity index (χ0v) is 13.8. The van der Waals surface area contributed by atoms with E-state index in [1.165, 1.54) is 6.92 Å². The van der Waals surface area contributed by atoms with Crippen LogP contribution < -0.4 is 10.6 Å². The highest BCUT2D eigenvalue weighted by molar-refractivity contribution is 5.95. The average molecular weight is 310 g/mol. The molecule has 0 unspecified atom stereocenters. The quantitative estimate of drug-likeness (QED) is 0.794. The molecule has 0 saturated heterocycles. The molecule has 0 aliphatic rings. The van der Waals surface area contributed by atoms with Crippen molar-refractivity contribution in [2.45, 2.75) is 27.2 Å². The van der Waals surface area contributed by atoms with Gasteiger partial charge in [0.05, 0.1) is 0 Å². The molecule has 0 aliphatic carbocycles. The Labute approximate surface area is 136 Å². The summed E-state index contributed by atoms with van der Waals surface area (Å²) in [5.74, 6) is -0.00793. The normalized spacial score (nSPS) is 10.2. The minimum absolute atomic E-state index is 0.0289. The van der Waals surface area contributed by atoms with Crippen molar-refractivity contribution >= 4 is 23.1 Å². The van der Waals surface area contributed by atoms with Crippen molar-refractivity contribution in [2.24, 2.45) is 0 Å². The number of anilines is 2. The van der Waals surface area contributed by atoms with Crippen LogP contribution in [0.15, 0.2) is 42.5 Å². The number of amides is 1. The van der Waals surface area contributed by atoms with Gasteiger partial charge in [0.25, 0.3) is 0 Å². The number of benzene rings is 2. The maximum atomic E-state index is 12.0. The van der Waals surface area contributed by atoms with E-state index in [9.17, 15) is 9.59 Å². The molecule has 0 saturated carbocycles. The lowest BCUT2D eigenvalue weighted by Gasteiger charge is -2.09. The van der Waals surface area contributed by atoms with Crippen LogP contribution in [0.5, 0.6) is 0 Å². The Morgan fingerprint density at radius 3 is 2.30 bits per heavy atom. The summed E-state index contributed by atoms with van der Waals surface area (Å²) in [6, 6.07) is 13.3. The van der Waals surface area contributed by atoms with E-state index < -0.39 is 0 Å². The van der Waals surface area contributed by atoms with E-state index in [-0.39, 0.29) is 11.7 Å². The molecule has 2 N–H and O–H groups in total. The monoisotopic (exact) mass is 310 g/mol. The molecule has 0 radical (unpaired) electrons. The third kappa shape index (κ3) is 5.25. The van der Waals surface area contributed by atoms with E-state index >= 15 is 0 Å². The zero-order valence-electron chi connectivity index (χ0n) is 13.8. The Bertz CT molecular complexity index is 703. The number of Topliss-reactive ketones (excluding diaryl/α,β-unsaturated/α-hetero) is 1. The van der Waals surface area contributed by atoms with Crippen LogP contribution >= 0.6 is 0 Å². The van der Waals surface area contributed by atoms with Gasteiger partial charge in [0.15, 0.2) is 5.78 Å². The zero-order chi connectivity index (χ0) is 16.8. The summed E-state index contributed by atoms with van der Waals surface area (Å²) in [5, 5.41) is 6.07. The molecule has 2 aromatic rings. The van der Waals surface area contributed by atoms with Gasteiger partial charge in [0, 0.05) is 29.9 Å². The van der Waals surface area contributed by atoms with Crippen LogP contribution in [0.2, 0.25) is 0 Å². The van der Waals surface area contributed by atoms with E-state index in [1.807, 2.05) is 38.1 Å². The number of aryl methyl sites for hydroxylation is 2. The second-order valence-corrected chi connectivity index (χ2v) is 5.74. The second kappa shape index (κ2) is 7.58. The van der Waals surface area contributed by atoms with Gasteiger partial charge in [-0.05, 0) is 56.2 Å². The van der Waals surface area contributed by atoms with Crippen molar-refractivity contribution in [3.63, 3.8) is 0 Å². The van der Waals surface area contributed by atoms with Crippen molar-refractivity contribution in [2.75, 3.05) is 17.2 Å². The number of carbonyl (C=O) groups is 2. The number of nitrogens with one attached hydrogen (secondary N) is 2. The van der Waals surface area contributed by atoms with Crippen molar-refractivity contribution in [1.29, 1.82) is 0 Å². The Hall–Kier alpha value is -2.62. The molecular weight excluding hydrogens is 288 g/mol. The van der Waals surface area contributed by atoms with Crippen molar-refractivity contribution in [1.82, 2.24) is 0 Å². The topological polar surface area (TPSA) is 58.2 Å². The van der Waals surface area contributed by atoms with Gasteiger partial charge in [0.2, 0.25) is 5.91 Å². The summed E-state index contributed by atoms with van der Waals surface area (Å²) >= 11 is 0. The van der Waals surface area contributed by atoms with Crippen LogP contribution in [-0.2, 0) is 4.79 Å². The molecule has 0 aromatic heterocycles. The lowest BCUT2D eigenvalue weighted by atomic mass is 10.1. The summed E-state index contributed by atoms with van der Waals surface area (Å²) in [4.78, 5) is 23.3. The molecule has 0 bridgehead atoms. The first-order chi connectivity index (χ1) is 10.9. The predicted octanol–water partition coefficient (Wildman–Crippen LogP) is 3.95. The minimum Gasteiger partial charge on any atom is -0.385 e. The van der Waals surface area contributed by atoms with E-state index in [1.54, 1.807) is 12.1 Å². The first-order valence-electron chi connectivity index (χ1n) is 7.67. The molecule has 4 heteroatoms. The standard InChI is InChI=1S/C19H22N2O2/c1-13-9-14(2)11-18(10-13)21-19(23)7-8-20-17-6-4-5-16(12-17)15(3)22/h4-6,9-12,20H,7-8H2,1-3H3,(H,21,23). The van der Waals surface area contributed by atoms with Crippen molar-refractivity contribution in [3.8, 4) is 0 Å². The maximum absolute atomic E-state index is 12.0. The van der Waals surface area contributed by atoms with Crippen LogP contribution in [0.4, 0.5) is 11.4 Å². The highest BCUT2D eigenvalue weighted by Crippen LogP contribution is 2.14. The highest BCUT2D eigenvalue weighted by Gasteiger charge is 2.04. The first-order valence-corrected chi connectivity index (χ1v) is 7.67. The molecular formula is C19H22N2O2. The highest BCUT2D eigenvalue weighted by atomic mass is 16.1.